The fourth-order valence-electron chi connectivity index (χ4n) is 3.59. The van der Waals surface area contributed by atoms with Crippen LogP contribution in [0.1, 0.15) is 42.0 Å². The average Bonchev–Trinajstić information content (AvgIpc) is 3.29. The first kappa shape index (κ1) is 15.1. The van der Waals surface area contributed by atoms with Crippen LogP contribution in [0.5, 0.6) is 11.5 Å². The number of fused-ring (bicyclic) bond motifs is 1. The summed E-state index contributed by atoms with van der Waals surface area (Å²) in [6.07, 6.45) is 6.82. The van der Waals surface area contributed by atoms with Gasteiger partial charge in [0.15, 0.2) is 11.5 Å². The summed E-state index contributed by atoms with van der Waals surface area (Å²) in [4.78, 5) is 19.3. The topological polar surface area (TPSA) is 56.6 Å². The van der Waals surface area contributed by atoms with Crippen LogP contribution >= 0.6 is 0 Å². The van der Waals surface area contributed by atoms with Crippen LogP contribution in [0.3, 0.4) is 0 Å². The molecule has 0 unspecified atom stereocenters. The minimum atomic E-state index is 0.0141. The minimum Gasteiger partial charge on any atom is -0.454 e. The number of carbonyl (C=O) groups excluding carboxylic acids is 1. The van der Waals surface area contributed by atoms with Gasteiger partial charge in [-0.2, -0.15) is 0 Å². The zero-order valence-electron chi connectivity index (χ0n) is 13.8. The molecule has 1 amide bonds. The molecule has 6 heteroatoms. The molecule has 0 saturated carbocycles. The van der Waals surface area contributed by atoms with Crippen molar-refractivity contribution in [3.8, 4) is 11.5 Å². The third-order valence-electron chi connectivity index (χ3n) is 4.77. The Morgan fingerprint density at radius 2 is 2.29 bits per heavy atom. The van der Waals surface area contributed by atoms with E-state index in [1.54, 1.807) is 0 Å². The highest BCUT2D eigenvalue weighted by atomic mass is 16.7. The monoisotopic (exact) mass is 327 g/mol. The Balaban J connectivity index is 1.56. The molecule has 0 radical (unpaired) electrons. The zero-order valence-corrected chi connectivity index (χ0v) is 13.8. The first-order valence-electron chi connectivity index (χ1n) is 8.47. The molecule has 126 valence electrons. The Hall–Kier alpha value is -2.50. The number of nitrogens with zero attached hydrogens (tertiary/aromatic N) is 3. The molecule has 1 atom stereocenters. The molecule has 3 heterocycles. The summed E-state index contributed by atoms with van der Waals surface area (Å²) in [5.41, 5.74) is 0.590. The summed E-state index contributed by atoms with van der Waals surface area (Å²) in [6.45, 7) is 3.76. The number of rotatable bonds is 3. The van der Waals surface area contributed by atoms with E-state index >= 15 is 0 Å². The van der Waals surface area contributed by atoms with Crippen molar-refractivity contribution >= 4 is 5.91 Å². The summed E-state index contributed by atoms with van der Waals surface area (Å²) in [6, 6.07) is 5.77. The Morgan fingerprint density at radius 1 is 1.38 bits per heavy atom. The van der Waals surface area contributed by atoms with Crippen LogP contribution in [-0.4, -0.2) is 40.2 Å². The fraction of sp³-hybridized carbons (Fsp3) is 0.444. The van der Waals surface area contributed by atoms with Crippen molar-refractivity contribution in [2.24, 2.45) is 0 Å². The summed E-state index contributed by atoms with van der Waals surface area (Å²) in [5, 5.41) is 0. The third kappa shape index (κ3) is 2.52. The molecule has 2 aromatic rings. The van der Waals surface area contributed by atoms with Crippen molar-refractivity contribution in [3.05, 3.63) is 42.0 Å². The van der Waals surface area contributed by atoms with Crippen molar-refractivity contribution in [3.63, 3.8) is 0 Å². The molecule has 2 aliphatic heterocycles. The van der Waals surface area contributed by atoms with E-state index in [1.165, 1.54) is 0 Å². The van der Waals surface area contributed by atoms with Crippen LogP contribution in [-0.2, 0) is 6.42 Å². The Bertz CT molecular complexity index is 756. The van der Waals surface area contributed by atoms with E-state index in [0.717, 1.165) is 31.6 Å². The van der Waals surface area contributed by atoms with E-state index in [0.29, 0.717) is 23.6 Å². The largest absolute Gasteiger partial charge is 0.454 e. The number of benzene rings is 1. The molecule has 1 aromatic heterocycles. The minimum absolute atomic E-state index is 0.0141. The lowest BCUT2D eigenvalue weighted by molar-refractivity contribution is 0.0673. The maximum Gasteiger partial charge on any atom is 0.257 e. The average molecular weight is 327 g/mol. The van der Waals surface area contributed by atoms with Gasteiger partial charge in [-0.25, -0.2) is 4.98 Å². The van der Waals surface area contributed by atoms with Crippen molar-refractivity contribution in [1.29, 1.82) is 0 Å². The van der Waals surface area contributed by atoms with Crippen molar-refractivity contribution < 1.29 is 14.3 Å². The highest BCUT2D eigenvalue weighted by Gasteiger charge is 2.30. The molecule has 24 heavy (non-hydrogen) atoms. The lowest BCUT2D eigenvalue weighted by Crippen LogP contribution is -2.41. The molecular weight excluding hydrogens is 306 g/mol. The van der Waals surface area contributed by atoms with Crippen LogP contribution in [0.15, 0.2) is 30.6 Å². The molecule has 0 bridgehead atoms. The lowest BCUT2D eigenvalue weighted by Gasteiger charge is -2.34. The maximum atomic E-state index is 13.0. The second-order valence-electron chi connectivity index (χ2n) is 6.19. The molecule has 0 aliphatic carbocycles. The van der Waals surface area contributed by atoms with Crippen LogP contribution in [0.4, 0.5) is 0 Å². The van der Waals surface area contributed by atoms with Gasteiger partial charge < -0.3 is 18.9 Å². The van der Waals surface area contributed by atoms with E-state index in [9.17, 15) is 4.79 Å². The van der Waals surface area contributed by atoms with Gasteiger partial charge in [0, 0.05) is 31.9 Å². The van der Waals surface area contributed by atoms with Gasteiger partial charge in [0.05, 0.1) is 11.6 Å². The molecular formula is C18H21N3O3. The number of carbonyl (C=O) groups is 1. The number of aromatic nitrogens is 2. The van der Waals surface area contributed by atoms with Gasteiger partial charge in [-0.05, 0) is 25.0 Å². The van der Waals surface area contributed by atoms with Crippen molar-refractivity contribution in [2.75, 3.05) is 19.9 Å². The number of hydrogen-bond acceptors (Lipinski definition) is 4. The lowest BCUT2D eigenvalue weighted by atomic mass is 10.0. The summed E-state index contributed by atoms with van der Waals surface area (Å²) < 4.78 is 13.1. The number of imidazole rings is 1. The first-order valence-corrected chi connectivity index (χ1v) is 8.47. The highest BCUT2D eigenvalue weighted by Crippen LogP contribution is 2.36. The first-order chi connectivity index (χ1) is 11.8. The van der Waals surface area contributed by atoms with Crippen molar-refractivity contribution in [1.82, 2.24) is 14.5 Å². The number of ether oxygens (including phenoxy) is 2. The SMILES string of the molecule is CCc1nccn1[C@H]1CCCN(C(=O)c2cccc3c2OCO3)C1. The Kier molecular flexibility index (Phi) is 3.88. The van der Waals surface area contributed by atoms with Crippen LogP contribution in [0.25, 0.3) is 0 Å². The van der Waals surface area contributed by atoms with Gasteiger partial charge in [0.2, 0.25) is 6.79 Å². The van der Waals surface area contributed by atoms with E-state index in [-0.39, 0.29) is 18.7 Å². The van der Waals surface area contributed by atoms with Crippen LogP contribution < -0.4 is 9.47 Å². The maximum absolute atomic E-state index is 13.0. The Labute approximate surface area is 141 Å². The van der Waals surface area contributed by atoms with E-state index in [2.05, 4.69) is 16.5 Å². The number of hydrogen-bond donors (Lipinski definition) is 0. The highest BCUT2D eigenvalue weighted by molar-refractivity contribution is 5.98. The summed E-state index contributed by atoms with van der Waals surface area (Å²) in [5.74, 6) is 2.31. The van der Waals surface area contributed by atoms with E-state index in [4.69, 9.17) is 9.47 Å². The van der Waals surface area contributed by atoms with E-state index in [1.807, 2.05) is 35.5 Å². The quantitative estimate of drug-likeness (QED) is 0.870. The molecule has 1 saturated heterocycles. The van der Waals surface area contributed by atoms with Gasteiger partial charge in [-0.1, -0.05) is 13.0 Å². The zero-order chi connectivity index (χ0) is 16.5. The standard InChI is InChI=1S/C18H21N3O3/c1-2-16-19-8-10-21(16)13-5-4-9-20(11-13)18(22)14-6-3-7-15-17(14)24-12-23-15/h3,6-8,10,13H,2,4-5,9,11-12H2,1H3/t13-/m0/s1. The second kappa shape index (κ2) is 6.19. The predicted octanol–water partition coefficient (Wildman–Crippen LogP) is 2.65. The second-order valence-corrected chi connectivity index (χ2v) is 6.19. The fourth-order valence-corrected chi connectivity index (χ4v) is 3.59. The molecule has 2 aliphatic rings. The Morgan fingerprint density at radius 3 is 3.17 bits per heavy atom. The molecule has 0 spiro atoms. The third-order valence-corrected chi connectivity index (χ3v) is 4.77. The summed E-state index contributed by atoms with van der Waals surface area (Å²) in [7, 11) is 0. The molecule has 6 nitrogen and oxygen atoms in total. The van der Waals surface area contributed by atoms with Crippen LogP contribution in [0, 0.1) is 0 Å². The molecule has 4 rings (SSSR count). The number of likely N-dealkylation sites (tertiary alicyclic amines) is 1. The molecule has 0 N–H and O–H groups in total. The van der Waals surface area contributed by atoms with Gasteiger partial charge in [-0.15, -0.1) is 0 Å². The van der Waals surface area contributed by atoms with Gasteiger partial charge in [0.1, 0.15) is 5.82 Å². The van der Waals surface area contributed by atoms with Gasteiger partial charge in [0.25, 0.3) is 5.91 Å². The number of amides is 1. The number of piperidine rings is 1. The molecule has 1 fully saturated rings. The normalized spacial score (nSPS) is 19.5. The van der Waals surface area contributed by atoms with Crippen molar-refractivity contribution in [2.45, 2.75) is 32.2 Å². The predicted molar refractivity (Wildman–Crippen MR) is 88.3 cm³/mol. The number of para-hydroxylation sites is 1. The number of aryl methyl sites for hydroxylation is 1. The smallest absolute Gasteiger partial charge is 0.257 e. The summed E-state index contributed by atoms with van der Waals surface area (Å²) >= 11 is 0. The van der Waals surface area contributed by atoms with E-state index < -0.39 is 0 Å². The van der Waals surface area contributed by atoms with Gasteiger partial charge >= 0.3 is 0 Å². The molecule has 1 aromatic carbocycles. The van der Waals surface area contributed by atoms with Crippen LogP contribution in [0.2, 0.25) is 0 Å². The van der Waals surface area contributed by atoms with Gasteiger partial charge in [-0.3, -0.25) is 4.79 Å².